The second-order valence-electron chi connectivity index (χ2n) is 6.54. The predicted octanol–water partition coefficient (Wildman–Crippen LogP) is 3.95. The summed E-state index contributed by atoms with van der Waals surface area (Å²) in [7, 11) is 0. The van der Waals surface area contributed by atoms with Crippen LogP contribution in [0.25, 0.3) is 11.0 Å². The number of nitrogens with one attached hydrogen (secondary N) is 2. The molecule has 134 valence electrons. The van der Waals surface area contributed by atoms with E-state index in [0.29, 0.717) is 13.0 Å². The van der Waals surface area contributed by atoms with Gasteiger partial charge in [0.1, 0.15) is 5.82 Å². The molecule has 0 atom stereocenters. The summed E-state index contributed by atoms with van der Waals surface area (Å²) in [6.07, 6.45) is 6.28. The van der Waals surface area contributed by atoms with Crippen LogP contribution in [0.2, 0.25) is 0 Å². The summed E-state index contributed by atoms with van der Waals surface area (Å²) < 4.78 is 0. The van der Waals surface area contributed by atoms with Crippen molar-refractivity contribution in [2.75, 3.05) is 11.9 Å². The molecule has 0 bridgehead atoms. The maximum absolute atomic E-state index is 12.4. The van der Waals surface area contributed by atoms with E-state index in [1.54, 1.807) is 0 Å². The lowest BCUT2D eigenvalue weighted by Gasteiger charge is -2.35. The van der Waals surface area contributed by atoms with Gasteiger partial charge in [0, 0.05) is 12.1 Å². The molecule has 2 aromatic rings. The quantitative estimate of drug-likeness (QED) is 0.759. The largest absolute Gasteiger partial charge is 0.342 e. The average Bonchev–Trinajstić information content (AvgIpc) is 2.87. The van der Waals surface area contributed by atoms with Crippen molar-refractivity contribution in [1.82, 2.24) is 9.97 Å². The molecule has 1 aromatic carbocycles. The molecule has 0 spiro atoms. The molecule has 1 aromatic heterocycles. The summed E-state index contributed by atoms with van der Waals surface area (Å²) in [4.78, 5) is 19.9. The Hall–Kier alpha value is -1.30. The number of imidazole rings is 1. The predicted molar refractivity (Wildman–Crippen MR) is 103 cm³/mol. The van der Waals surface area contributed by atoms with E-state index < -0.39 is 0 Å². The SMILES string of the molecule is Cc1nc2ccc(NC(=O)CC3(CN)CCCCC3)cc2[nH]1.Cl.Cl. The van der Waals surface area contributed by atoms with Gasteiger partial charge in [-0.25, -0.2) is 4.98 Å². The zero-order valence-electron chi connectivity index (χ0n) is 13.9. The van der Waals surface area contributed by atoms with Gasteiger partial charge in [0.15, 0.2) is 0 Å². The van der Waals surface area contributed by atoms with E-state index in [1.165, 1.54) is 19.3 Å². The van der Waals surface area contributed by atoms with Gasteiger partial charge in [-0.2, -0.15) is 0 Å². The molecular weight excluding hydrogens is 347 g/mol. The highest BCUT2D eigenvalue weighted by atomic mass is 35.5. The molecule has 0 aliphatic heterocycles. The van der Waals surface area contributed by atoms with Gasteiger partial charge < -0.3 is 16.0 Å². The number of nitrogens with two attached hydrogens (primary N) is 1. The molecule has 1 saturated carbocycles. The third-order valence-electron chi connectivity index (χ3n) is 4.77. The highest BCUT2D eigenvalue weighted by Crippen LogP contribution is 2.38. The molecule has 24 heavy (non-hydrogen) atoms. The molecule has 1 heterocycles. The fourth-order valence-corrected chi connectivity index (χ4v) is 3.52. The number of hydrogen-bond acceptors (Lipinski definition) is 3. The molecule has 1 fully saturated rings. The van der Waals surface area contributed by atoms with Crippen LogP contribution >= 0.6 is 24.8 Å². The van der Waals surface area contributed by atoms with Gasteiger partial charge >= 0.3 is 0 Å². The van der Waals surface area contributed by atoms with E-state index in [4.69, 9.17) is 5.73 Å². The van der Waals surface area contributed by atoms with Crippen molar-refractivity contribution in [3.63, 3.8) is 0 Å². The number of aromatic amines is 1. The minimum absolute atomic E-state index is 0. The van der Waals surface area contributed by atoms with E-state index in [9.17, 15) is 4.79 Å². The molecular formula is C17H26Cl2N4O. The maximum atomic E-state index is 12.4. The van der Waals surface area contributed by atoms with Crippen LogP contribution in [0.15, 0.2) is 18.2 Å². The fourth-order valence-electron chi connectivity index (χ4n) is 3.52. The van der Waals surface area contributed by atoms with E-state index in [2.05, 4.69) is 15.3 Å². The fraction of sp³-hybridized carbons (Fsp3) is 0.529. The standard InChI is InChI=1S/C17H24N4O.2ClH/c1-12-19-14-6-5-13(9-15(14)20-12)21-16(22)10-17(11-18)7-3-2-4-8-17;;/h5-6,9H,2-4,7-8,10-11,18H2,1H3,(H,19,20)(H,21,22);2*1H. The number of halogens is 2. The number of anilines is 1. The number of aryl methyl sites for hydroxylation is 1. The lowest BCUT2D eigenvalue weighted by Crippen LogP contribution is -2.36. The Morgan fingerprint density at radius 3 is 2.67 bits per heavy atom. The first kappa shape index (κ1) is 20.7. The third kappa shape index (κ3) is 4.62. The van der Waals surface area contributed by atoms with Crippen molar-refractivity contribution in [2.45, 2.75) is 45.4 Å². The Labute approximate surface area is 155 Å². The van der Waals surface area contributed by atoms with E-state index in [-0.39, 0.29) is 36.1 Å². The molecule has 7 heteroatoms. The van der Waals surface area contributed by atoms with Gasteiger partial charge in [-0.15, -0.1) is 24.8 Å². The molecule has 0 radical (unpaired) electrons. The monoisotopic (exact) mass is 372 g/mol. The molecule has 3 rings (SSSR count). The summed E-state index contributed by atoms with van der Waals surface area (Å²) in [5, 5.41) is 3.01. The minimum Gasteiger partial charge on any atom is -0.342 e. The molecule has 0 unspecified atom stereocenters. The van der Waals surface area contributed by atoms with Gasteiger partial charge in [-0.05, 0) is 49.9 Å². The van der Waals surface area contributed by atoms with Crippen molar-refractivity contribution >= 4 is 47.4 Å². The summed E-state index contributed by atoms with van der Waals surface area (Å²) in [5.74, 6) is 0.936. The van der Waals surface area contributed by atoms with Crippen LogP contribution in [0, 0.1) is 12.3 Å². The van der Waals surface area contributed by atoms with Crippen molar-refractivity contribution in [3.8, 4) is 0 Å². The lowest BCUT2D eigenvalue weighted by molar-refractivity contribution is -0.118. The van der Waals surface area contributed by atoms with Gasteiger partial charge in [-0.3, -0.25) is 4.79 Å². The topological polar surface area (TPSA) is 83.8 Å². The Balaban J connectivity index is 0.00000144. The van der Waals surface area contributed by atoms with Crippen LogP contribution in [0.3, 0.4) is 0 Å². The second kappa shape index (κ2) is 8.70. The van der Waals surface area contributed by atoms with Crippen LogP contribution < -0.4 is 11.1 Å². The first-order valence-electron chi connectivity index (χ1n) is 8.07. The third-order valence-corrected chi connectivity index (χ3v) is 4.77. The van der Waals surface area contributed by atoms with Crippen molar-refractivity contribution in [3.05, 3.63) is 24.0 Å². The van der Waals surface area contributed by atoms with Gasteiger partial charge in [0.25, 0.3) is 0 Å². The van der Waals surface area contributed by atoms with Crippen molar-refractivity contribution in [2.24, 2.45) is 11.1 Å². The number of amides is 1. The maximum Gasteiger partial charge on any atom is 0.224 e. The number of benzene rings is 1. The van der Waals surface area contributed by atoms with Gasteiger partial charge in [-0.1, -0.05) is 19.3 Å². The Morgan fingerprint density at radius 1 is 1.29 bits per heavy atom. The lowest BCUT2D eigenvalue weighted by atomic mass is 9.71. The van der Waals surface area contributed by atoms with E-state index >= 15 is 0 Å². The summed E-state index contributed by atoms with van der Waals surface area (Å²) in [5.41, 5.74) is 8.63. The molecule has 4 N–H and O–H groups in total. The highest BCUT2D eigenvalue weighted by molar-refractivity contribution is 5.93. The number of nitrogens with zero attached hydrogens (tertiary/aromatic N) is 1. The number of hydrogen-bond donors (Lipinski definition) is 3. The number of aromatic nitrogens is 2. The minimum atomic E-state index is -0.00297. The zero-order valence-corrected chi connectivity index (χ0v) is 15.6. The normalized spacial score (nSPS) is 16.1. The molecule has 1 aliphatic rings. The smallest absolute Gasteiger partial charge is 0.224 e. The van der Waals surface area contributed by atoms with Crippen LogP contribution in [0.4, 0.5) is 5.69 Å². The van der Waals surface area contributed by atoms with Crippen LogP contribution in [-0.4, -0.2) is 22.4 Å². The Morgan fingerprint density at radius 2 is 2.00 bits per heavy atom. The number of H-pyrrole nitrogens is 1. The van der Waals surface area contributed by atoms with Crippen LogP contribution in [0.1, 0.15) is 44.3 Å². The van der Waals surface area contributed by atoms with E-state index in [1.807, 2.05) is 25.1 Å². The number of carbonyl (C=O) groups is 1. The number of fused-ring (bicyclic) bond motifs is 1. The first-order valence-corrected chi connectivity index (χ1v) is 8.07. The summed E-state index contributed by atoms with van der Waals surface area (Å²) in [6, 6.07) is 5.76. The van der Waals surface area contributed by atoms with Gasteiger partial charge in [0.2, 0.25) is 5.91 Å². The first-order chi connectivity index (χ1) is 10.6. The second-order valence-corrected chi connectivity index (χ2v) is 6.54. The van der Waals surface area contributed by atoms with Crippen molar-refractivity contribution < 1.29 is 4.79 Å². The summed E-state index contributed by atoms with van der Waals surface area (Å²) >= 11 is 0. The van der Waals surface area contributed by atoms with Gasteiger partial charge in [0.05, 0.1) is 11.0 Å². The number of carbonyl (C=O) groups excluding carboxylic acids is 1. The van der Waals surface area contributed by atoms with Crippen LogP contribution in [0.5, 0.6) is 0 Å². The summed E-state index contributed by atoms with van der Waals surface area (Å²) in [6.45, 7) is 2.52. The zero-order chi connectivity index (χ0) is 15.6. The van der Waals surface area contributed by atoms with Crippen molar-refractivity contribution in [1.29, 1.82) is 0 Å². The Kier molecular flexibility index (Phi) is 7.52. The van der Waals surface area contributed by atoms with E-state index in [0.717, 1.165) is 35.4 Å². The molecule has 0 saturated heterocycles. The number of rotatable bonds is 4. The Bertz CT molecular complexity index is 680. The average molecular weight is 373 g/mol. The van der Waals surface area contributed by atoms with Crippen LogP contribution in [-0.2, 0) is 4.79 Å². The highest BCUT2D eigenvalue weighted by Gasteiger charge is 2.32. The molecule has 1 amide bonds. The molecule has 5 nitrogen and oxygen atoms in total. The molecule has 1 aliphatic carbocycles.